The Morgan fingerprint density at radius 2 is 1.62 bits per heavy atom. The Kier molecular flexibility index (Phi) is 2.49. The zero-order valence-electron chi connectivity index (χ0n) is 12.7. The molecule has 2 aliphatic carbocycles. The van der Waals surface area contributed by atoms with E-state index in [1.54, 1.807) is 12.8 Å². The van der Waals surface area contributed by atoms with Crippen LogP contribution in [0, 0.1) is 29.6 Å². The molecule has 4 saturated heterocycles. The summed E-state index contributed by atoms with van der Waals surface area (Å²) < 4.78 is 12.1. The van der Waals surface area contributed by atoms with Crippen LogP contribution >= 0.6 is 0 Å². The van der Waals surface area contributed by atoms with Gasteiger partial charge in [0.1, 0.15) is 0 Å². The third-order valence-electron chi connectivity index (χ3n) is 7.97. The van der Waals surface area contributed by atoms with Crippen molar-refractivity contribution in [3.63, 3.8) is 0 Å². The van der Waals surface area contributed by atoms with Crippen molar-refractivity contribution in [3.8, 4) is 0 Å². The highest BCUT2D eigenvalue weighted by Crippen LogP contribution is 2.56. The minimum absolute atomic E-state index is 0.139. The largest absolute Gasteiger partial charge is 0.347 e. The van der Waals surface area contributed by atoms with Crippen LogP contribution in [0.1, 0.15) is 51.4 Å². The maximum absolute atomic E-state index is 6.14. The fourth-order valence-corrected chi connectivity index (χ4v) is 7.19. The van der Waals surface area contributed by atoms with E-state index in [9.17, 15) is 0 Å². The van der Waals surface area contributed by atoms with E-state index in [0.29, 0.717) is 12.2 Å². The Labute approximate surface area is 127 Å². The molecule has 3 nitrogen and oxygen atoms in total. The van der Waals surface area contributed by atoms with Gasteiger partial charge in [-0.05, 0) is 62.2 Å². The quantitative estimate of drug-likeness (QED) is 0.848. The summed E-state index contributed by atoms with van der Waals surface area (Å²) in [6.07, 6.45) is 12.3. The number of hydrogen-bond acceptors (Lipinski definition) is 3. The van der Waals surface area contributed by atoms with Crippen molar-refractivity contribution in [1.82, 2.24) is 5.32 Å². The molecule has 116 valence electrons. The molecule has 6 rings (SSSR count). The molecule has 0 aromatic rings. The van der Waals surface area contributed by atoms with Gasteiger partial charge in [-0.25, -0.2) is 0 Å². The molecule has 0 radical (unpaired) electrons. The molecule has 1 N–H and O–H groups in total. The maximum atomic E-state index is 6.14. The van der Waals surface area contributed by atoms with Gasteiger partial charge in [0.25, 0.3) is 0 Å². The van der Waals surface area contributed by atoms with Crippen LogP contribution in [0.25, 0.3) is 0 Å². The SMILES string of the molecule is C1CC2CC1CC2C1CC2NC1CC2C1OC2CCC1O2. The molecular weight excluding hydrogens is 262 g/mol. The van der Waals surface area contributed by atoms with E-state index in [1.807, 2.05) is 0 Å². The minimum atomic E-state index is 0.139. The van der Waals surface area contributed by atoms with Gasteiger partial charge < -0.3 is 14.8 Å². The number of rotatable bonds is 2. The van der Waals surface area contributed by atoms with Crippen molar-refractivity contribution >= 4 is 0 Å². The average Bonchev–Trinajstić information content (AvgIpc) is 3.33. The predicted molar refractivity (Wildman–Crippen MR) is 78.6 cm³/mol. The van der Waals surface area contributed by atoms with Gasteiger partial charge in [0.05, 0.1) is 12.2 Å². The lowest BCUT2D eigenvalue weighted by atomic mass is 9.69. The summed E-state index contributed by atoms with van der Waals surface area (Å²) >= 11 is 0. The standard InChI is InChI=1S/C18H27NO2/c1-2-10-5-9(1)6-11(10)12-7-15-13(8-14(12)19-15)18-16-3-4-17(20-16)21-18/h9-19H,1-8H2. The van der Waals surface area contributed by atoms with Crippen LogP contribution in [0.15, 0.2) is 0 Å². The Morgan fingerprint density at radius 3 is 2.24 bits per heavy atom. The van der Waals surface area contributed by atoms with E-state index in [4.69, 9.17) is 9.47 Å². The summed E-state index contributed by atoms with van der Waals surface area (Å²) in [4.78, 5) is 0. The highest BCUT2D eigenvalue weighted by atomic mass is 16.7. The van der Waals surface area contributed by atoms with E-state index < -0.39 is 0 Å². The van der Waals surface area contributed by atoms with Crippen LogP contribution in [-0.4, -0.2) is 30.6 Å². The number of ether oxygens (including phenoxy) is 2. The van der Waals surface area contributed by atoms with E-state index in [2.05, 4.69) is 5.32 Å². The van der Waals surface area contributed by atoms with Gasteiger partial charge in [-0.2, -0.15) is 0 Å². The molecule has 0 spiro atoms. The molecule has 2 saturated carbocycles. The second-order valence-corrected chi connectivity index (χ2v) is 8.80. The van der Waals surface area contributed by atoms with Crippen LogP contribution in [0.4, 0.5) is 0 Å². The predicted octanol–water partition coefficient (Wildman–Crippen LogP) is 2.69. The Morgan fingerprint density at radius 1 is 0.714 bits per heavy atom. The summed E-state index contributed by atoms with van der Waals surface area (Å²) in [6.45, 7) is 0. The summed E-state index contributed by atoms with van der Waals surface area (Å²) in [5.41, 5.74) is 0. The van der Waals surface area contributed by atoms with Crippen molar-refractivity contribution < 1.29 is 9.47 Å². The van der Waals surface area contributed by atoms with Crippen molar-refractivity contribution in [2.75, 3.05) is 0 Å². The molecule has 3 heteroatoms. The zero-order chi connectivity index (χ0) is 13.6. The van der Waals surface area contributed by atoms with Gasteiger partial charge in [0.2, 0.25) is 0 Å². The molecule has 4 heterocycles. The molecule has 21 heavy (non-hydrogen) atoms. The zero-order valence-corrected chi connectivity index (χ0v) is 12.7. The van der Waals surface area contributed by atoms with Crippen LogP contribution < -0.4 is 5.32 Å². The molecule has 6 fully saturated rings. The van der Waals surface area contributed by atoms with Crippen LogP contribution in [0.5, 0.6) is 0 Å². The lowest BCUT2D eigenvalue weighted by Gasteiger charge is -2.37. The van der Waals surface area contributed by atoms with Crippen molar-refractivity contribution in [2.24, 2.45) is 29.6 Å². The first kappa shape index (κ1) is 12.3. The lowest BCUT2D eigenvalue weighted by Crippen LogP contribution is -2.41. The molecule has 6 aliphatic rings. The van der Waals surface area contributed by atoms with E-state index in [-0.39, 0.29) is 6.29 Å². The Hall–Kier alpha value is -0.120. The summed E-state index contributed by atoms with van der Waals surface area (Å²) in [5, 5.41) is 3.97. The third kappa shape index (κ3) is 1.66. The molecule has 4 aliphatic heterocycles. The second-order valence-electron chi connectivity index (χ2n) is 8.80. The van der Waals surface area contributed by atoms with Gasteiger partial charge in [-0.3, -0.25) is 0 Å². The first-order valence-electron chi connectivity index (χ1n) is 9.42. The van der Waals surface area contributed by atoms with Gasteiger partial charge in [-0.1, -0.05) is 6.42 Å². The van der Waals surface area contributed by atoms with Crippen molar-refractivity contribution in [2.45, 2.75) is 81.9 Å². The monoisotopic (exact) mass is 289 g/mol. The van der Waals surface area contributed by atoms with E-state index in [1.165, 1.54) is 32.1 Å². The minimum Gasteiger partial charge on any atom is -0.347 e. The summed E-state index contributed by atoms with van der Waals surface area (Å²) in [7, 11) is 0. The lowest BCUT2D eigenvalue weighted by molar-refractivity contribution is -0.0645. The fraction of sp³-hybridized carbons (Fsp3) is 1.00. The second kappa shape index (κ2) is 4.24. The van der Waals surface area contributed by atoms with E-state index in [0.717, 1.165) is 48.1 Å². The van der Waals surface area contributed by atoms with Crippen molar-refractivity contribution in [1.29, 1.82) is 0 Å². The highest BCUT2D eigenvalue weighted by molar-refractivity contribution is 5.10. The van der Waals surface area contributed by atoms with Gasteiger partial charge >= 0.3 is 0 Å². The third-order valence-corrected chi connectivity index (χ3v) is 7.97. The smallest absolute Gasteiger partial charge is 0.158 e. The van der Waals surface area contributed by atoms with Crippen LogP contribution in [0.3, 0.4) is 0 Å². The molecule has 0 amide bonds. The number of nitrogens with one attached hydrogen (secondary N) is 1. The maximum Gasteiger partial charge on any atom is 0.158 e. The first-order chi connectivity index (χ1) is 10.3. The Bertz CT molecular complexity index is 414. The number of fused-ring (bicyclic) bond motifs is 6. The molecule has 6 bridgehead atoms. The normalized spacial score (nSPS) is 64.0. The fourth-order valence-electron chi connectivity index (χ4n) is 7.19. The van der Waals surface area contributed by atoms with Gasteiger partial charge in [-0.15, -0.1) is 0 Å². The molecule has 0 aromatic heterocycles. The van der Waals surface area contributed by atoms with Crippen molar-refractivity contribution in [3.05, 3.63) is 0 Å². The molecule has 0 aromatic carbocycles. The summed E-state index contributed by atoms with van der Waals surface area (Å²) in [5.74, 6) is 4.96. The van der Waals surface area contributed by atoms with E-state index >= 15 is 0 Å². The van der Waals surface area contributed by atoms with Gasteiger partial charge in [0.15, 0.2) is 6.29 Å². The summed E-state index contributed by atoms with van der Waals surface area (Å²) in [6, 6.07) is 1.53. The average molecular weight is 289 g/mol. The van der Waals surface area contributed by atoms with Crippen LogP contribution in [-0.2, 0) is 9.47 Å². The molecule has 10 unspecified atom stereocenters. The van der Waals surface area contributed by atoms with Gasteiger partial charge in [0, 0.05) is 24.4 Å². The highest BCUT2D eigenvalue weighted by Gasteiger charge is 2.57. The number of hydrogen-bond donors (Lipinski definition) is 1. The molecule has 10 atom stereocenters. The molecular formula is C18H27NO2. The first-order valence-corrected chi connectivity index (χ1v) is 9.42. The Balaban J connectivity index is 1.17. The van der Waals surface area contributed by atoms with Crippen LogP contribution in [0.2, 0.25) is 0 Å². The topological polar surface area (TPSA) is 30.5 Å².